The Labute approximate surface area is 183 Å². The van der Waals surface area contributed by atoms with Gasteiger partial charge >= 0.3 is 11.9 Å². The van der Waals surface area contributed by atoms with Crippen LogP contribution in [-0.4, -0.2) is 19.7 Å². The zero-order valence-corrected chi connectivity index (χ0v) is 17.3. The molecule has 0 unspecified atom stereocenters. The molecule has 2 aliphatic rings. The van der Waals surface area contributed by atoms with Crippen LogP contribution in [-0.2, 0) is 6.18 Å². The molecule has 0 fully saturated rings. The van der Waals surface area contributed by atoms with Gasteiger partial charge in [0.05, 0.1) is 25.5 Å². The third-order valence-corrected chi connectivity index (χ3v) is 4.55. The maximum absolute atomic E-state index is 12.7. The van der Waals surface area contributed by atoms with Gasteiger partial charge in [0.25, 0.3) is 0 Å². The van der Waals surface area contributed by atoms with Crippen molar-refractivity contribution >= 4 is 51.9 Å². The van der Waals surface area contributed by atoms with E-state index in [1.807, 2.05) is 0 Å². The summed E-state index contributed by atoms with van der Waals surface area (Å²) in [6.45, 7) is 1.48. The summed E-state index contributed by atoms with van der Waals surface area (Å²) in [6, 6.07) is 9.80. The van der Waals surface area contributed by atoms with E-state index in [4.69, 9.17) is 35.4 Å². The van der Waals surface area contributed by atoms with Crippen LogP contribution in [0.4, 0.5) is 24.7 Å². The quantitative estimate of drug-likeness (QED) is 0.207. The number of fused-ring (bicyclic) bond motifs is 1. The van der Waals surface area contributed by atoms with Crippen LogP contribution in [0.5, 0.6) is 0 Å². The van der Waals surface area contributed by atoms with Gasteiger partial charge in [-0.05, 0) is 36.2 Å². The fourth-order valence-corrected chi connectivity index (χ4v) is 3.25. The molecule has 0 amide bonds. The number of rotatable bonds is 3. The van der Waals surface area contributed by atoms with Gasteiger partial charge in [0, 0.05) is 0 Å². The topological polar surface area (TPSA) is 73.0 Å². The molecule has 1 aromatic carbocycles. The lowest BCUT2D eigenvalue weighted by atomic mass is 10.2. The first kappa shape index (κ1) is 22.0. The third kappa shape index (κ3) is 4.89. The zero-order chi connectivity index (χ0) is 22.2. The van der Waals surface area contributed by atoms with Crippen molar-refractivity contribution in [2.45, 2.75) is 13.1 Å². The second-order valence-electron chi connectivity index (χ2n) is 6.11. The predicted molar refractivity (Wildman–Crippen MR) is 113 cm³/mol. The van der Waals surface area contributed by atoms with E-state index in [1.54, 1.807) is 0 Å². The number of hydrogen-bond acceptors (Lipinski definition) is 4. The van der Waals surface area contributed by atoms with Crippen LogP contribution in [0.1, 0.15) is 12.5 Å². The Balaban J connectivity index is 0.000000357. The Morgan fingerprint density at radius 3 is 2.13 bits per heavy atom. The Bertz CT molecular complexity index is 1120. The van der Waals surface area contributed by atoms with E-state index >= 15 is 0 Å². The average molecular weight is 475 g/mol. The number of thiocarbonyl (C=S) groups is 1. The molecule has 0 radical (unpaired) electrons. The van der Waals surface area contributed by atoms with Crippen molar-refractivity contribution in [3.63, 3.8) is 0 Å². The van der Waals surface area contributed by atoms with Gasteiger partial charge in [0.1, 0.15) is 11.9 Å². The fraction of sp³-hybridized carbons (Fsp3) is 0.111. The molecule has 1 N–H and O–H groups in total. The molecule has 1 heterocycles. The molecule has 2 aliphatic carbocycles. The van der Waals surface area contributed by atoms with Crippen molar-refractivity contribution in [2.24, 2.45) is 0 Å². The summed E-state index contributed by atoms with van der Waals surface area (Å²) in [5, 5.41) is 16.7. The number of nitro groups is 1. The van der Waals surface area contributed by atoms with E-state index in [0.29, 0.717) is 12.1 Å². The number of nitrogens with zero attached hydrogens (tertiary/aromatic N) is 3. The van der Waals surface area contributed by atoms with Crippen LogP contribution >= 0.6 is 35.4 Å². The SMILES string of the molecule is CC(=S)Nc1nn(-c2c(Cl)cc(C(F)(F)F)cc2Cl)cc1[N+](=O)[O-].c1cc2cc-2c1. The molecule has 4 rings (SSSR count). The van der Waals surface area contributed by atoms with Crippen molar-refractivity contribution in [2.75, 3.05) is 5.32 Å². The number of nitrogens with one attached hydrogen (secondary N) is 1. The Morgan fingerprint density at radius 2 is 1.77 bits per heavy atom. The number of halogens is 5. The molecule has 30 heavy (non-hydrogen) atoms. The molecule has 0 spiro atoms. The number of aromatic nitrogens is 2. The van der Waals surface area contributed by atoms with Crippen molar-refractivity contribution in [3.8, 4) is 16.8 Å². The monoisotopic (exact) mass is 474 g/mol. The summed E-state index contributed by atoms with van der Waals surface area (Å²) >= 11 is 16.5. The minimum absolute atomic E-state index is 0.121. The van der Waals surface area contributed by atoms with Gasteiger partial charge in [0.2, 0.25) is 5.82 Å². The summed E-state index contributed by atoms with van der Waals surface area (Å²) in [5.41, 5.74) is 1.25. The lowest BCUT2D eigenvalue weighted by molar-refractivity contribution is -0.384. The first-order chi connectivity index (χ1) is 14.0. The molecule has 12 heteroatoms. The van der Waals surface area contributed by atoms with Gasteiger partial charge in [-0.2, -0.15) is 13.2 Å². The largest absolute Gasteiger partial charge is 0.416 e. The molecule has 0 bridgehead atoms. The van der Waals surface area contributed by atoms with E-state index in [1.165, 1.54) is 18.1 Å². The van der Waals surface area contributed by atoms with Crippen LogP contribution in [0.25, 0.3) is 16.8 Å². The minimum Gasteiger partial charge on any atom is -0.328 e. The van der Waals surface area contributed by atoms with E-state index in [-0.39, 0.29) is 26.5 Å². The number of hydrogen-bond donors (Lipinski definition) is 1. The van der Waals surface area contributed by atoms with Crippen molar-refractivity contribution in [1.29, 1.82) is 0 Å². The molecule has 0 aliphatic heterocycles. The highest BCUT2D eigenvalue weighted by Gasteiger charge is 2.32. The average Bonchev–Trinajstić information content (AvgIpc) is 3.01. The van der Waals surface area contributed by atoms with Crippen molar-refractivity contribution in [3.05, 3.63) is 68.3 Å². The van der Waals surface area contributed by atoms with Gasteiger partial charge in [0.15, 0.2) is 0 Å². The Hall–Kier alpha value is -2.69. The smallest absolute Gasteiger partial charge is 0.328 e. The van der Waals surface area contributed by atoms with Gasteiger partial charge in [-0.3, -0.25) is 10.1 Å². The van der Waals surface area contributed by atoms with Gasteiger partial charge < -0.3 is 5.32 Å². The van der Waals surface area contributed by atoms with E-state index in [9.17, 15) is 23.3 Å². The van der Waals surface area contributed by atoms with Crippen LogP contribution in [0.2, 0.25) is 10.0 Å². The summed E-state index contributed by atoms with van der Waals surface area (Å²) in [6.07, 6.45) is -3.66. The maximum Gasteiger partial charge on any atom is 0.416 e. The van der Waals surface area contributed by atoms with Crippen LogP contribution in [0, 0.1) is 10.1 Å². The molecule has 2 aromatic rings. The maximum atomic E-state index is 12.7. The summed E-state index contributed by atoms with van der Waals surface area (Å²) < 4.78 is 39.2. The molecular weight excluding hydrogens is 464 g/mol. The van der Waals surface area contributed by atoms with Gasteiger partial charge in [-0.25, -0.2) is 4.68 Å². The zero-order valence-electron chi connectivity index (χ0n) is 15.0. The predicted octanol–water partition coefficient (Wildman–Crippen LogP) is 6.53. The summed E-state index contributed by atoms with van der Waals surface area (Å²) in [7, 11) is 0. The lowest BCUT2D eigenvalue weighted by Gasteiger charge is -2.12. The molecule has 0 saturated carbocycles. The van der Waals surface area contributed by atoms with E-state index < -0.39 is 22.4 Å². The first-order valence-electron chi connectivity index (χ1n) is 8.16. The molecule has 1 aromatic heterocycles. The Morgan fingerprint density at radius 1 is 1.20 bits per heavy atom. The second-order valence-corrected chi connectivity index (χ2v) is 7.54. The molecular formula is C18H11Cl2F3N4O2S. The second kappa shape index (κ2) is 8.21. The molecule has 0 atom stereocenters. The number of anilines is 1. The van der Waals surface area contributed by atoms with Crippen LogP contribution in [0.15, 0.2) is 42.6 Å². The summed E-state index contributed by atoms with van der Waals surface area (Å²) in [5.74, 6) is -0.181. The highest BCUT2D eigenvalue weighted by Crippen LogP contribution is 2.38. The normalized spacial score (nSPS) is 11.4. The Kier molecular flexibility index (Phi) is 6.02. The molecule has 156 valence electrons. The highest BCUT2D eigenvalue weighted by molar-refractivity contribution is 7.80. The highest BCUT2D eigenvalue weighted by atomic mass is 35.5. The molecule has 0 saturated heterocycles. The van der Waals surface area contributed by atoms with Crippen molar-refractivity contribution < 1.29 is 18.1 Å². The first-order valence-corrected chi connectivity index (χ1v) is 9.32. The standard InChI is InChI=1S/C12H7Cl2F3N4O2S.C6H4/c1-5(24)18-11-9(21(22)23)4-20(19-11)10-7(13)2-6(3-8(10)14)12(15,16)17;1-2-5-4-6(5)3-1/h2-4H,1H3,(H,18,19,24);1-4H. The number of benzene rings is 2. The fourth-order valence-electron chi connectivity index (χ4n) is 2.49. The number of alkyl halides is 3. The molecule has 6 nitrogen and oxygen atoms in total. The van der Waals surface area contributed by atoms with E-state index in [2.05, 4.69) is 34.7 Å². The van der Waals surface area contributed by atoms with Crippen LogP contribution in [0.3, 0.4) is 0 Å². The van der Waals surface area contributed by atoms with Crippen LogP contribution < -0.4 is 5.32 Å². The van der Waals surface area contributed by atoms with E-state index in [0.717, 1.165) is 10.9 Å². The minimum atomic E-state index is -4.64. The lowest BCUT2D eigenvalue weighted by Crippen LogP contribution is -2.08. The van der Waals surface area contributed by atoms with Gasteiger partial charge in [-0.1, -0.05) is 53.6 Å². The van der Waals surface area contributed by atoms with Gasteiger partial charge in [-0.15, -0.1) is 5.10 Å². The van der Waals surface area contributed by atoms with Crippen molar-refractivity contribution in [1.82, 2.24) is 9.78 Å². The summed E-state index contributed by atoms with van der Waals surface area (Å²) in [4.78, 5) is 10.5. The third-order valence-electron chi connectivity index (χ3n) is 3.87.